The Morgan fingerprint density at radius 2 is 1.71 bits per heavy atom. The van der Waals surface area contributed by atoms with Gasteiger partial charge in [-0.2, -0.15) is 0 Å². The fourth-order valence-electron chi connectivity index (χ4n) is 1.49. The van der Waals surface area contributed by atoms with Gasteiger partial charge in [0.25, 0.3) is 0 Å². The SMILES string of the molecule is OCCOC1(C(O)CCO)OCCOCCO1. The molecule has 0 aromatic heterocycles. The summed E-state index contributed by atoms with van der Waals surface area (Å²) in [5, 5.41) is 27.5. The van der Waals surface area contributed by atoms with Crippen LogP contribution in [0.25, 0.3) is 0 Å². The molecular formula is C10H20O7. The highest BCUT2D eigenvalue weighted by molar-refractivity contribution is 4.71. The lowest BCUT2D eigenvalue weighted by Crippen LogP contribution is -2.52. The monoisotopic (exact) mass is 252 g/mol. The molecule has 1 fully saturated rings. The van der Waals surface area contributed by atoms with E-state index in [1.807, 2.05) is 0 Å². The van der Waals surface area contributed by atoms with E-state index in [0.29, 0.717) is 13.2 Å². The van der Waals surface area contributed by atoms with Gasteiger partial charge in [-0.15, -0.1) is 0 Å². The highest BCUT2D eigenvalue weighted by atomic mass is 16.9. The zero-order valence-corrected chi connectivity index (χ0v) is 9.71. The van der Waals surface area contributed by atoms with Gasteiger partial charge in [-0.05, 0) is 0 Å². The van der Waals surface area contributed by atoms with Gasteiger partial charge in [-0.1, -0.05) is 0 Å². The van der Waals surface area contributed by atoms with E-state index >= 15 is 0 Å². The number of ether oxygens (including phenoxy) is 4. The van der Waals surface area contributed by atoms with Gasteiger partial charge in [0.05, 0.1) is 39.6 Å². The van der Waals surface area contributed by atoms with Gasteiger partial charge in [-0.3, -0.25) is 0 Å². The minimum absolute atomic E-state index is 0.0245. The lowest BCUT2D eigenvalue weighted by molar-refractivity contribution is -0.423. The minimum atomic E-state index is -1.63. The molecule has 1 saturated heterocycles. The van der Waals surface area contributed by atoms with E-state index in [1.54, 1.807) is 0 Å². The van der Waals surface area contributed by atoms with Crippen LogP contribution in [0.15, 0.2) is 0 Å². The summed E-state index contributed by atoms with van der Waals surface area (Å²) in [5.41, 5.74) is 0. The van der Waals surface area contributed by atoms with Crippen LogP contribution >= 0.6 is 0 Å². The molecule has 1 unspecified atom stereocenters. The van der Waals surface area contributed by atoms with Gasteiger partial charge in [0.2, 0.25) is 0 Å². The topological polar surface area (TPSA) is 97.6 Å². The maximum atomic E-state index is 9.91. The molecule has 7 heteroatoms. The Morgan fingerprint density at radius 3 is 2.24 bits per heavy atom. The summed E-state index contributed by atoms with van der Waals surface area (Å²) in [7, 11) is 0. The van der Waals surface area contributed by atoms with Crippen molar-refractivity contribution in [3.05, 3.63) is 0 Å². The van der Waals surface area contributed by atoms with Crippen molar-refractivity contribution in [1.29, 1.82) is 0 Å². The van der Waals surface area contributed by atoms with Crippen molar-refractivity contribution in [1.82, 2.24) is 0 Å². The molecule has 0 aromatic carbocycles. The molecule has 17 heavy (non-hydrogen) atoms. The Kier molecular flexibility index (Phi) is 6.90. The molecule has 102 valence electrons. The molecule has 3 N–H and O–H groups in total. The van der Waals surface area contributed by atoms with Crippen LogP contribution in [0, 0.1) is 0 Å². The predicted molar refractivity (Wildman–Crippen MR) is 56.2 cm³/mol. The fraction of sp³-hybridized carbons (Fsp3) is 1.00. The van der Waals surface area contributed by atoms with Gasteiger partial charge in [0, 0.05) is 13.0 Å². The van der Waals surface area contributed by atoms with E-state index in [4.69, 9.17) is 29.2 Å². The third-order valence-corrected chi connectivity index (χ3v) is 2.27. The maximum absolute atomic E-state index is 9.91. The molecule has 1 atom stereocenters. The molecule has 0 aliphatic carbocycles. The Balaban J connectivity index is 2.65. The number of aliphatic hydroxyl groups excluding tert-OH is 3. The van der Waals surface area contributed by atoms with Gasteiger partial charge < -0.3 is 34.3 Å². The first-order chi connectivity index (χ1) is 8.25. The van der Waals surface area contributed by atoms with Gasteiger partial charge in [0.15, 0.2) is 0 Å². The molecule has 7 nitrogen and oxygen atoms in total. The molecular weight excluding hydrogens is 232 g/mol. The Bertz CT molecular complexity index is 186. The number of hydrogen-bond acceptors (Lipinski definition) is 7. The average Bonchev–Trinajstić information content (AvgIpc) is 2.28. The van der Waals surface area contributed by atoms with Crippen molar-refractivity contribution >= 4 is 0 Å². The van der Waals surface area contributed by atoms with Crippen LogP contribution in [0.5, 0.6) is 0 Å². The summed E-state index contributed by atoms with van der Waals surface area (Å²) < 4.78 is 21.1. The minimum Gasteiger partial charge on any atom is -0.396 e. The molecule has 1 rings (SSSR count). The normalized spacial score (nSPS) is 22.8. The molecule has 1 heterocycles. The molecule has 0 aromatic rings. The Hall–Kier alpha value is -0.280. The van der Waals surface area contributed by atoms with E-state index in [1.165, 1.54) is 0 Å². The first-order valence-electron chi connectivity index (χ1n) is 5.64. The third-order valence-electron chi connectivity index (χ3n) is 2.27. The predicted octanol–water partition coefficient (Wildman–Crippen LogP) is -1.54. The largest absolute Gasteiger partial charge is 0.396 e. The van der Waals surface area contributed by atoms with Crippen molar-refractivity contribution in [2.45, 2.75) is 18.5 Å². The zero-order valence-electron chi connectivity index (χ0n) is 9.71. The first kappa shape index (κ1) is 14.8. The summed E-state index contributed by atoms with van der Waals surface area (Å²) in [6, 6.07) is 0. The summed E-state index contributed by atoms with van der Waals surface area (Å²) >= 11 is 0. The van der Waals surface area contributed by atoms with Crippen molar-refractivity contribution in [2.24, 2.45) is 0 Å². The molecule has 1 aliphatic heterocycles. The zero-order chi connectivity index (χ0) is 12.6. The van der Waals surface area contributed by atoms with Crippen LogP contribution in [0.1, 0.15) is 6.42 Å². The molecule has 1 aliphatic rings. The van der Waals surface area contributed by atoms with E-state index < -0.39 is 12.1 Å². The van der Waals surface area contributed by atoms with E-state index in [9.17, 15) is 5.11 Å². The third kappa shape index (κ3) is 4.47. The van der Waals surface area contributed by atoms with E-state index in [0.717, 1.165) is 0 Å². The fourth-order valence-corrected chi connectivity index (χ4v) is 1.49. The lowest BCUT2D eigenvalue weighted by atomic mass is 10.2. The standard InChI is InChI=1S/C10H20O7/c11-2-1-9(13)10(15-4-3-12)16-7-5-14-6-8-17-10/h9,11-13H,1-8H2. The second-order valence-corrected chi connectivity index (χ2v) is 3.51. The van der Waals surface area contributed by atoms with Crippen LogP contribution in [0.4, 0.5) is 0 Å². The second-order valence-electron chi connectivity index (χ2n) is 3.51. The highest BCUT2D eigenvalue weighted by Crippen LogP contribution is 2.23. The van der Waals surface area contributed by atoms with Crippen molar-refractivity contribution in [2.75, 3.05) is 46.2 Å². The summed E-state index contributed by atoms with van der Waals surface area (Å²) in [6.45, 7) is 0.704. The van der Waals surface area contributed by atoms with Crippen molar-refractivity contribution in [3.8, 4) is 0 Å². The van der Waals surface area contributed by atoms with Crippen molar-refractivity contribution < 1.29 is 34.3 Å². The van der Waals surface area contributed by atoms with Gasteiger partial charge in [0.1, 0.15) is 6.10 Å². The molecule has 0 saturated carbocycles. The Morgan fingerprint density at radius 1 is 1.06 bits per heavy atom. The van der Waals surface area contributed by atoms with Crippen LogP contribution in [0.2, 0.25) is 0 Å². The van der Waals surface area contributed by atoms with Crippen molar-refractivity contribution in [3.63, 3.8) is 0 Å². The van der Waals surface area contributed by atoms with Crippen LogP contribution in [-0.2, 0) is 18.9 Å². The number of rotatable bonds is 6. The van der Waals surface area contributed by atoms with Crippen LogP contribution in [0.3, 0.4) is 0 Å². The molecule has 0 bridgehead atoms. The summed E-state index contributed by atoms with van der Waals surface area (Å²) in [5.74, 6) is -1.63. The smallest absolute Gasteiger partial charge is 0.310 e. The van der Waals surface area contributed by atoms with Crippen LogP contribution < -0.4 is 0 Å². The molecule has 0 amide bonds. The quantitative estimate of drug-likeness (QED) is 0.527. The molecule has 0 radical (unpaired) electrons. The summed E-state index contributed by atoms with van der Waals surface area (Å²) in [6.07, 6.45) is -1.07. The van der Waals surface area contributed by atoms with E-state index in [-0.39, 0.29) is 39.5 Å². The lowest BCUT2D eigenvalue weighted by Gasteiger charge is -2.37. The van der Waals surface area contributed by atoms with E-state index in [2.05, 4.69) is 0 Å². The van der Waals surface area contributed by atoms with Crippen LogP contribution in [-0.4, -0.2) is 73.6 Å². The summed E-state index contributed by atoms with van der Waals surface area (Å²) in [4.78, 5) is 0. The molecule has 0 spiro atoms. The Labute approximate surface area is 99.9 Å². The van der Waals surface area contributed by atoms with Gasteiger partial charge >= 0.3 is 5.97 Å². The number of aliphatic hydroxyl groups is 3. The first-order valence-corrected chi connectivity index (χ1v) is 5.64. The second kappa shape index (κ2) is 7.93. The average molecular weight is 252 g/mol. The maximum Gasteiger partial charge on any atom is 0.310 e. The highest BCUT2D eigenvalue weighted by Gasteiger charge is 2.42. The number of hydrogen-bond donors (Lipinski definition) is 3. The van der Waals surface area contributed by atoms with Gasteiger partial charge in [-0.25, -0.2) is 0 Å².